The minimum Gasteiger partial charge on any atom is -0.447 e. The summed E-state index contributed by atoms with van der Waals surface area (Å²) >= 11 is 0. The third kappa shape index (κ3) is 6.90. The maximum absolute atomic E-state index is 12.0. The first-order valence-electron chi connectivity index (χ1n) is 9.44. The van der Waals surface area contributed by atoms with Crippen LogP contribution in [0.5, 0.6) is 0 Å². The first-order chi connectivity index (χ1) is 12.5. The number of hydrogen-bond acceptors (Lipinski definition) is 6. The SMILES string of the molecule is C=CCC[C@H](O)CN1CCN(Cc2nc(C(=O)NCC(C)C)co2)CC1. The topological polar surface area (TPSA) is 81.8 Å². The number of amides is 1. The van der Waals surface area contributed by atoms with Crippen molar-refractivity contribution >= 4 is 5.91 Å². The van der Waals surface area contributed by atoms with Crippen LogP contribution in [-0.2, 0) is 6.54 Å². The van der Waals surface area contributed by atoms with Crippen molar-refractivity contribution in [2.45, 2.75) is 39.3 Å². The monoisotopic (exact) mass is 364 g/mol. The largest absolute Gasteiger partial charge is 0.447 e. The molecule has 0 aliphatic carbocycles. The summed E-state index contributed by atoms with van der Waals surface area (Å²) in [5.74, 6) is 0.781. The molecule has 2 rings (SSSR count). The Hall–Kier alpha value is -1.70. The van der Waals surface area contributed by atoms with Crippen molar-refractivity contribution in [1.82, 2.24) is 20.1 Å². The number of β-amino-alcohol motifs (C(OH)–C–C–N with tert-alkyl or cyclic N) is 1. The van der Waals surface area contributed by atoms with Gasteiger partial charge in [-0.1, -0.05) is 19.9 Å². The van der Waals surface area contributed by atoms with Gasteiger partial charge in [-0.3, -0.25) is 14.6 Å². The quantitative estimate of drug-likeness (QED) is 0.613. The highest BCUT2D eigenvalue weighted by atomic mass is 16.3. The summed E-state index contributed by atoms with van der Waals surface area (Å²) in [6.45, 7) is 13.3. The van der Waals surface area contributed by atoms with E-state index in [1.807, 2.05) is 19.9 Å². The molecule has 1 aromatic heterocycles. The lowest BCUT2D eigenvalue weighted by Crippen LogP contribution is -2.48. The van der Waals surface area contributed by atoms with E-state index in [2.05, 4.69) is 26.7 Å². The Kier molecular flexibility index (Phi) is 8.28. The number of nitrogens with one attached hydrogen (secondary N) is 1. The zero-order valence-electron chi connectivity index (χ0n) is 16.0. The number of aliphatic hydroxyl groups is 1. The van der Waals surface area contributed by atoms with E-state index in [-0.39, 0.29) is 12.0 Å². The number of oxazole rings is 1. The summed E-state index contributed by atoms with van der Waals surface area (Å²) in [5.41, 5.74) is 0.338. The van der Waals surface area contributed by atoms with Gasteiger partial charge in [0.15, 0.2) is 5.69 Å². The van der Waals surface area contributed by atoms with Crippen molar-refractivity contribution in [3.63, 3.8) is 0 Å². The predicted molar refractivity (Wildman–Crippen MR) is 101 cm³/mol. The molecule has 1 aliphatic rings. The summed E-state index contributed by atoms with van der Waals surface area (Å²) in [7, 11) is 0. The Balaban J connectivity index is 1.72. The van der Waals surface area contributed by atoms with Crippen molar-refractivity contribution < 1.29 is 14.3 Å². The molecule has 7 nitrogen and oxygen atoms in total. The van der Waals surface area contributed by atoms with Crippen molar-refractivity contribution in [3.05, 3.63) is 30.5 Å². The van der Waals surface area contributed by atoms with Crippen LogP contribution in [-0.4, -0.2) is 71.2 Å². The summed E-state index contributed by atoms with van der Waals surface area (Å²) in [6, 6.07) is 0. The van der Waals surface area contributed by atoms with Gasteiger partial charge in [0.1, 0.15) is 6.26 Å². The second kappa shape index (κ2) is 10.4. The van der Waals surface area contributed by atoms with Gasteiger partial charge in [-0.05, 0) is 18.8 Å². The molecule has 2 N–H and O–H groups in total. The second-order valence-corrected chi connectivity index (χ2v) is 7.33. The number of rotatable bonds is 10. The number of nitrogens with zero attached hydrogens (tertiary/aromatic N) is 3. The third-order valence-electron chi connectivity index (χ3n) is 4.45. The minimum atomic E-state index is -0.293. The molecule has 1 aromatic rings. The van der Waals surface area contributed by atoms with Crippen LogP contribution in [0.4, 0.5) is 0 Å². The van der Waals surface area contributed by atoms with E-state index in [1.165, 1.54) is 6.26 Å². The normalized spacial score (nSPS) is 17.4. The molecule has 0 unspecified atom stereocenters. The number of aliphatic hydroxyl groups excluding tert-OH is 1. The smallest absolute Gasteiger partial charge is 0.273 e. The molecule has 0 aromatic carbocycles. The molecule has 1 fully saturated rings. The van der Waals surface area contributed by atoms with Gasteiger partial charge in [0, 0.05) is 39.3 Å². The fraction of sp³-hybridized carbons (Fsp3) is 0.684. The fourth-order valence-electron chi connectivity index (χ4n) is 2.90. The van der Waals surface area contributed by atoms with Crippen molar-refractivity contribution in [2.24, 2.45) is 5.92 Å². The van der Waals surface area contributed by atoms with Gasteiger partial charge in [0.2, 0.25) is 5.89 Å². The standard InChI is InChI=1S/C19H32N4O3/c1-4-5-6-16(24)12-22-7-9-23(10-8-22)13-18-21-17(14-26-18)19(25)20-11-15(2)3/h4,14-16,24H,1,5-13H2,2-3H3,(H,20,25)/t16-/m0/s1. The Morgan fingerprint density at radius 1 is 1.38 bits per heavy atom. The van der Waals surface area contributed by atoms with Crippen LogP contribution in [0.1, 0.15) is 43.1 Å². The lowest BCUT2D eigenvalue weighted by atomic mass is 10.1. The minimum absolute atomic E-state index is 0.188. The number of piperazine rings is 1. The number of carbonyl (C=O) groups excluding carboxylic acids is 1. The van der Waals surface area contributed by atoms with Crippen LogP contribution < -0.4 is 5.32 Å². The van der Waals surface area contributed by atoms with E-state index in [4.69, 9.17) is 4.42 Å². The molecule has 26 heavy (non-hydrogen) atoms. The molecular formula is C19H32N4O3. The zero-order chi connectivity index (χ0) is 18.9. The highest BCUT2D eigenvalue weighted by Gasteiger charge is 2.21. The lowest BCUT2D eigenvalue weighted by Gasteiger charge is -2.34. The zero-order valence-corrected chi connectivity index (χ0v) is 16.0. The van der Waals surface area contributed by atoms with Gasteiger partial charge in [-0.25, -0.2) is 4.98 Å². The van der Waals surface area contributed by atoms with Crippen molar-refractivity contribution in [1.29, 1.82) is 0 Å². The Morgan fingerprint density at radius 2 is 2.08 bits per heavy atom. The van der Waals surface area contributed by atoms with E-state index in [1.54, 1.807) is 0 Å². The van der Waals surface area contributed by atoms with Crippen LogP contribution in [0.15, 0.2) is 23.3 Å². The van der Waals surface area contributed by atoms with E-state index >= 15 is 0 Å². The van der Waals surface area contributed by atoms with Gasteiger partial charge < -0.3 is 14.8 Å². The molecular weight excluding hydrogens is 332 g/mol. The molecule has 1 amide bonds. The molecule has 0 bridgehead atoms. The van der Waals surface area contributed by atoms with Crippen molar-refractivity contribution in [3.8, 4) is 0 Å². The van der Waals surface area contributed by atoms with Crippen LogP contribution in [0.25, 0.3) is 0 Å². The second-order valence-electron chi connectivity index (χ2n) is 7.33. The van der Waals surface area contributed by atoms with Gasteiger partial charge in [0.25, 0.3) is 5.91 Å². The van der Waals surface area contributed by atoms with Crippen molar-refractivity contribution in [2.75, 3.05) is 39.3 Å². The maximum atomic E-state index is 12.0. The maximum Gasteiger partial charge on any atom is 0.273 e. The molecule has 0 radical (unpaired) electrons. The summed E-state index contributed by atoms with van der Waals surface area (Å²) in [4.78, 5) is 20.8. The van der Waals surface area contributed by atoms with Crippen LogP contribution >= 0.6 is 0 Å². The van der Waals surface area contributed by atoms with Gasteiger partial charge in [-0.15, -0.1) is 6.58 Å². The van der Waals surface area contributed by atoms with Crippen LogP contribution in [0.2, 0.25) is 0 Å². The number of aromatic nitrogens is 1. The molecule has 2 heterocycles. The van der Waals surface area contributed by atoms with E-state index in [9.17, 15) is 9.90 Å². The summed E-state index contributed by atoms with van der Waals surface area (Å²) < 4.78 is 5.45. The summed E-state index contributed by atoms with van der Waals surface area (Å²) in [5, 5.41) is 12.8. The third-order valence-corrected chi connectivity index (χ3v) is 4.45. The molecule has 7 heteroatoms. The molecule has 1 saturated heterocycles. The lowest BCUT2D eigenvalue weighted by molar-refractivity contribution is 0.0642. The molecule has 0 spiro atoms. The fourth-order valence-corrected chi connectivity index (χ4v) is 2.90. The first-order valence-corrected chi connectivity index (χ1v) is 9.44. The van der Waals surface area contributed by atoms with Crippen LogP contribution in [0.3, 0.4) is 0 Å². The van der Waals surface area contributed by atoms with E-state index in [0.29, 0.717) is 37.1 Å². The Labute approximate surface area is 156 Å². The molecule has 1 aliphatic heterocycles. The first kappa shape index (κ1) is 20.6. The number of carbonyl (C=O) groups is 1. The average Bonchev–Trinajstić information content (AvgIpc) is 3.08. The van der Waals surface area contributed by atoms with E-state index < -0.39 is 0 Å². The molecule has 0 saturated carbocycles. The van der Waals surface area contributed by atoms with E-state index in [0.717, 1.165) is 39.0 Å². The van der Waals surface area contributed by atoms with Gasteiger partial charge in [0.05, 0.1) is 12.6 Å². The number of hydrogen-bond donors (Lipinski definition) is 2. The highest BCUT2D eigenvalue weighted by molar-refractivity contribution is 5.91. The van der Waals surface area contributed by atoms with Crippen LogP contribution in [0, 0.1) is 5.92 Å². The van der Waals surface area contributed by atoms with Gasteiger partial charge >= 0.3 is 0 Å². The Morgan fingerprint density at radius 3 is 2.73 bits per heavy atom. The summed E-state index contributed by atoms with van der Waals surface area (Å²) in [6.07, 6.45) is 4.59. The predicted octanol–water partition coefficient (Wildman–Crippen LogP) is 1.51. The molecule has 1 atom stereocenters. The van der Waals surface area contributed by atoms with Gasteiger partial charge in [-0.2, -0.15) is 0 Å². The Bertz CT molecular complexity index is 565. The number of allylic oxidation sites excluding steroid dienone is 1. The molecule has 146 valence electrons. The highest BCUT2D eigenvalue weighted by Crippen LogP contribution is 2.10. The average molecular weight is 364 g/mol.